The maximum absolute atomic E-state index is 13.9. The van der Waals surface area contributed by atoms with Crippen LogP contribution in [0.2, 0.25) is 0 Å². The van der Waals surface area contributed by atoms with Gasteiger partial charge in [-0.25, -0.2) is 13.2 Å². The van der Waals surface area contributed by atoms with E-state index in [1.54, 1.807) is 11.3 Å². The van der Waals surface area contributed by atoms with Crippen LogP contribution in [-0.2, 0) is 12.8 Å². The lowest BCUT2D eigenvalue weighted by atomic mass is 10.0. The quantitative estimate of drug-likeness (QED) is 0.820. The fraction of sp³-hybridized carbons (Fsp3) is 0.375. The number of aryl methyl sites for hydroxylation is 1. The first-order valence-corrected chi connectivity index (χ1v) is 7.82. The third-order valence-electron chi connectivity index (χ3n) is 3.31. The molecule has 0 aliphatic heterocycles. The largest absolute Gasteiger partial charge is 0.310 e. The molecule has 0 aliphatic carbocycles. The van der Waals surface area contributed by atoms with Crippen molar-refractivity contribution in [1.82, 2.24) is 5.32 Å². The Bertz CT molecular complexity index is 586. The molecular formula is C16H18F3NS. The summed E-state index contributed by atoms with van der Waals surface area (Å²) in [6.07, 6.45) is 1.42. The topological polar surface area (TPSA) is 12.0 Å². The number of nitrogens with one attached hydrogen (secondary N) is 1. The van der Waals surface area contributed by atoms with Crippen LogP contribution >= 0.6 is 11.3 Å². The Morgan fingerprint density at radius 3 is 2.19 bits per heavy atom. The van der Waals surface area contributed by atoms with Gasteiger partial charge >= 0.3 is 0 Å². The zero-order valence-corrected chi connectivity index (χ0v) is 12.9. The van der Waals surface area contributed by atoms with Crippen molar-refractivity contribution in [2.24, 2.45) is 0 Å². The highest BCUT2D eigenvalue weighted by atomic mass is 32.1. The van der Waals surface area contributed by atoms with Gasteiger partial charge in [-0.3, -0.25) is 0 Å². The van der Waals surface area contributed by atoms with E-state index in [4.69, 9.17) is 0 Å². The summed E-state index contributed by atoms with van der Waals surface area (Å²) in [4.78, 5) is 2.29. The van der Waals surface area contributed by atoms with Crippen molar-refractivity contribution in [2.45, 2.75) is 32.7 Å². The van der Waals surface area contributed by atoms with Gasteiger partial charge in [0.15, 0.2) is 0 Å². The maximum atomic E-state index is 13.9. The second kappa shape index (κ2) is 7.09. The second-order valence-electron chi connectivity index (χ2n) is 4.82. The number of hydrogen-bond donors (Lipinski definition) is 1. The molecule has 0 fully saturated rings. The minimum atomic E-state index is -0.895. The molecule has 2 aromatic rings. The van der Waals surface area contributed by atoms with Gasteiger partial charge in [0.25, 0.3) is 0 Å². The molecule has 1 heterocycles. The van der Waals surface area contributed by atoms with Crippen LogP contribution in [0.3, 0.4) is 0 Å². The summed E-state index contributed by atoms with van der Waals surface area (Å²) < 4.78 is 40.9. The van der Waals surface area contributed by atoms with Crippen molar-refractivity contribution in [3.63, 3.8) is 0 Å². The molecule has 2 rings (SSSR count). The predicted molar refractivity (Wildman–Crippen MR) is 80.1 cm³/mol. The minimum Gasteiger partial charge on any atom is -0.310 e. The summed E-state index contributed by atoms with van der Waals surface area (Å²) in [6, 6.07) is 4.97. The predicted octanol–water partition coefficient (Wildman–Crippen LogP) is 4.62. The maximum Gasteiger partial charge on any atom is 0.133 e. The first-order chi connectivity index (χ1) is 10.0. The van der Waals surface area contributed by atoms with Crippen molar-refractivity contribution in [1.29, 1.82) is 0 Å². The molecule has 1 nitrogen and oxygen atoms in total. The molecule has 1 atom stereocenters. The lowest BCUT2D eigenvalue weighted by molar-refractivity contribution is 0.463. The van der Waals surface area contributed by atoms with Crippen molar-refractivity contribution in [3.05, 3.63) is 57.0 Å². The van der Waals surface area contributed by atoms with Gasteiger partial charge in [0, 0.05) is 39.9 Å². The highest BCUT2D eigenvalue weighted by Gasteiger charge is 2.21. The molecule has 21 heavy (non-hydrogen) atoms. The van der Waals surface area contributed by atoms with Crippen LogP contribution in [0.15, 0.2) is 24.3 Å². The van der Waals surface area contributed by atoms with Crippen LogP contribution < -0.4 is 5.32 Å². The molecule has 0 bridgehead atoms. The lowest BCUT2D eigenvalue weighted by Crippen LogP contribution is -2.25. The first-order valence-electron chi connectivity index (χ1n) is 7.00. The number of likely N-dealkylation sites (N-methyl/N-ethyl adjacent to an activating group) is 1. The molecule has 5 heteroatoms. The smallest absolute Gasteiger partial charge is 0.133 e. The molecule has 1 N–H and O–H groups in total. The number of benzene rings is 1. The standard InChI is InChI=1S/C16H18F3NS/c1-3-11-5-6-12(21-11)9-15(20-4-2)16-13(18)7-10(17)8-14(16)19/h5-8,15,20H,3-4,9H2,1-2H3. The third-order valence-corrected chi connectivity index (χ3v) is 4.57. The molecular weight excluding hydrogens is 295 g/mol. The number of rotatable bonds is 6. The van der Waals surface area contributed by atoms with E-state index in [-0.39, 0.29) is 5.56 Å². The highest BCUT2D eigenvalue weighted by molar-refractivity contribution is 7.11. The van der Waals surface area contributed by atoms with Gasteiger partial charge in [0.2, 0.25) is 0 Å². The van der Waals surface area contributed by atoms with Crippen molar-refractivity contribution in [3.8, 4) is 0 Å². The normalized spacial score (nSPS) is 12.6. The number of halogens is 3. The van der Waals surface area contributed by atoms with Gasteiger partial charge in [-0.1, -0.05) is 13.8 Å². The fourth-order valence-corrected chi connectivity index (χ4v) is 3.34. The Hall–Kier alpha value is -1.33. The van der Waals surface area contributed by atoms with Crippen LogP contribution in [0.5, 0.6) is 0 Å². The van der Waals surface area contributed by atoms with E-state index >= 15 is 0 Å². The van der Waals surface area contributed by atoms with Crippen molar-refractivity contribution >= 4 is 11.3 Å². The van der Waals surface area contributed by atoms with E-state index in [1.807, 2.05) is 19.1 Å². The van der Waals surface area contributed by atoms with Gasteiger partial charge in [0.05, 0.1) is 0 Å². The van der Waals surface area contributed by atoms with E-state index in [0.29, 0.717) is 13.0 Å². The molecule has 0 amide bonds. The van der Waals surface area contributed by atoms with E-state index in [1.165, 1.54) is 4.88 Å². The summed E-state index contributed by atoms with van der Waals surface area (Å²) >= 11 is 1.64. The van der Waals surface area contributed by atoms with Crippen LogP contribution in [0, 0.1) is 17.5 Å². The fourth-order valence-electron chi connectivity index (χ4n) is 2.33. The average Bonchev–Trinajstić information content (AvgIpc) is 2.85. The molecule has 1 aromatic carbocycles. The number of hydrogen-bond acceptors (Lipinski definition) is 2. The molecule has 1 unspecified atom stereocenters. The summed E-state index contributed by atoms with van der Waals surface area (Å²) in [7, 11) is 0. The van der Waals surface area contributed by atoms with Crippen LogP contribution in [0.25, 0.3) is 0 Å². The Kier molecular flexibility index (Phi) is 5.42. The van der Waals surface area contributed by atoms with E-state index in [9.17, 15) is 13.2 Å². The zero-order chi connectivity index (χ0) is 15.4. The van der Waals surface area contributed by atoms with E-state index in [0.717, 1.165) is 23.4 Å². The van der Waals surface area contributed by atoms with Crippen LogP contribution in [0.1, 0.15) is 35.2 Å². The molecule has 1 aromatic heterocycles. The van der Waals surface area contributed by atoms with Gasteiger partial charge < -0.3 is 5.32 Å². The molecule has 114 valence electrons. The number of thiophene rings is 1. The summed E-state index contributed by atoms with van der Waals surface area (Å²) in [5.74, 6) is -2.58. The SMILES string of the molecule is CCNC(Cc1ccc(CC)s1)c1c(F)cc(F)cc1F. The van der Waals surface area contributed by atoms with Gasteiger partial charge in [-0.15, -0.1) is 11.3 Å². The second-order valence-corrected chi connectivity index (χ2v) is 6.07. The van der Waals surface area contributed by atoms with Crippen LogP contribution in [-0.4, -0.2) is 6.54 Å². The van der Waals surface area contributed by atoms with Gasteiger partial charge in [-0.05, 0) is 25.1 Å². The Balaban J connectivity index is 2.30. The molecule has 0 aliphatic rings. The van der Waals surface area contributed by atoms with Crippen LogP contribution in [0.4, 0.5) is 13.2 Å². The highest BCUT2D eigenvalue weighted by Crippen LogP contribution is 2.28. The molecule has 0 spiro atoms. The monoisotopic (exact) mass is 313 g/mol. The van der Waals surface area contributed by atoms with Gasteiger partial charge in [-0.2, -0.15) is 0 Å². The molecule has 0 saturated heterocycles. The zero-order valence-electron chi connectivity index (χ0n) is 12.1. The summed E-state index contributed by atoms with van der Waals surface area (Å²) in [5.41, 5.74) is -0.0929. The van der Waals surface area contributed by atoms with E-state index < -0.39 is 23.5 Å². The summed E-state index contributed by atoms with van der Waals surface area (Å²) in [6.45, 7) is 4.52. The van der Waals surface area contributed by atoms with Crippen molar-refractivity contribution in [2.75, 3.05) is 6.54 Å². The average molecular weight is 313 g/mol. The van der Waals surface area contributed by atoms with Crippen molar-refractivity contribution < 1.29 is 13.2 Å². The molecule has 0 radical (unpaired) electrons. The lowest BCUT2D eigenvalue weighted by Gasteiger charge is -2.19. The Morgan fingerprint density at radius 2 is 1.67 bits per heavy atom. The van der Waals surface area contributed by atoms with E-state index in [2.05, 4.69) is 12.2 Å². The Morgan fingerprint density at radius 1 is 1.05 bits per heavy atom. The first kappa shape index (κ1) is 16.0. The minimum absolute atomic E-state index is 0.0929. The molecule has 0 saturated carbocycles. The third kappa shape index (κ3) is 3.86. The van der Waals surface area contributed by atoms with Gasteiger partial charge in [0.1, 0.15) is 17.5 Å². The summed E-state index contributed by atoms with van der Waals surface area (Å²) in [5, 5.41) is 3.08. The Labute approximate surface area is 126 Å².